The van der Waals surface area contributed by atoms with Crippen LogP contribution in [0.2, 0.25) is 0 Å². The van der Waals surface area contributed by atoms with Crippen molar-refractivity contribution in [1.29, 1.82) is 0 Å². The van der Waals surface area contributed by atoms with Gasteiger partial charge in [-0.1, -0.05) is 12.1 Å². The Balaban J connectivity index is 1.96. The molecular formula is C18H14F4N2O2. The molecule has 0 aromatic heterocycles. The van der Waals surface area contributed by atoms with Crippen LogP contribution in [0.3, 0.4) is 0 Å². The number of hydrogen-bond acceptors (Lipinski definition) is 2. The van der Waals surface area contributed by atoms with Crippen molar-refractivity contribution in [1.82, 2.24) is 4.90 Å². The van der Waals surface area contributed by atoms with Gasteiger partial charge in [-0.15, -0.1) is 0 Å². The molecule has 0 radical (unpaired) electrons. The molecule has 0 atom stereocenters. The van der Waals surface area contributed by atoms with Crippen molar-refractivity contribution in [3.8, 4) is 0 Å². The highest BCUT2D eigenvalue weighted by Gasteiger charge is 2.17. The average molecular weight is 366 g/mol. The number of anilines is 1. The summed E-state index contributed by atoms with van der Waals surface area (Å²) in [4.78, 5) is 24.8. The molecule has 4 nitrogen and oxygen atoms in total. The Bertz CT molecular complexity index is 868. The topological polar surface area (TPSA) is 49.4 Å². The number of benzene rings is 2. The Morgan fingerprint density at radius 2 is 1.81 bits per heavy atom. The molecule has 0 aliphatic carbocycles. The molecule has 0 heterocycles. The molecule has 26 heavy (non-hydrogen) atoms. The van der Waals surface area contributed by atoms with Crippen molar-refractivity contribution in [3.63, 3.8) is 0 Å². The van der Waals surface area contributed by atoms with E-state index in [0.717, 1.165) is 17.0 Å². The lowest BCUT2D eigenvalue weighted by molar-refractivity contribution is -0.129. The van der Waals surface area contributed by atoms with Crippen molar-refractivity contribution >= 4 is 23.6 Å². The SMILES string of the molecule is CN(CC(=O)Nc1ccc(F)c(F)c1F)C(=O)/C=C/c1cccc(F)c1. The minimum Gasteiger partial charge on any atom is -0.333 e. The van der Waals surface area contributed by atoms with E-state index in [9.17, 15) is 27.2 Å². The number of halogens is 4. The number of hydrogen-bond donors (Lipinski definition) is 1. The van der Waals surface area contributed by atoms with Gasteiger partial charge in [0.1, 0.15) is 5.82 Å². The van der Waals surface area contributed by atoms with E-state index in [1.807, 2.05) is 0 Å². The summed E-state index contributed by atoms with van der Waals surface area (Å²) in [6, 6.07) is 7.09. The normalized spacial score (nSPS) is 10.8. The summed E-state index contributed by atoms with van der Waals surface area (Å²) in [6.07, 6.45) is 2.51. The third kappa shape index (κ3) is 4.92. The van der Waals surface area contributed by atoms with Gasteiger partial charge >= 0.3 is 0 Å². The van der Waals surface area contributed by atoms with Crippen LogP contribution < -0.4 is 5.32 Å². The summed E-state index contributed by atoms with van der Waals surface area (Å²) in [7, 11) is 1.32. The summed E-state index contributed by atoms with van der Waals surface area (Å²) in [6.45, 7) is -0.454. The fourth-order valence-corrected chi connectivity index (χ4v) is 2.01. The standard InChI is InChI=1S/C18H14F4N2O2/c1-24(16(26)8-5-11-3-2-4-12(19)9-11)10-15(25)23-14-7-6-13(20)17(21)18(14)22/h2-9H,10H2,1H3,(H,23,25)/b8-5+. The first-order valence-electron chi connectivity index (χ1n) is 7.40. The van der Waals surface area contributed by atoms with E-state index in [2.05, 4.69) is 5.32 Å². The molecule has 2 aromatic rings. The van der Waals surface area contributed by atoms with Gasteiger partial charge < -0.3 is 10.2 Å². The van der Waals surface area contributed by atoms with Crippen LogP contribution >= 0.6 is 0 Å². The first kappa shape index (κ1) is 19.2. The fourth-order valence-electron chi connectivity index (χ4n) is 2.01. The van der Waals surface area contributed by atoms with Gasteiger partial charge in [-0.2, -0.15) is 0 Å². The largest absolute Gasteiger partial charge is 0.333 e. The molecule has 0 fully saturated rings. The van der Waals surface area contributed by atoms with Gasteiger partial charge in [0.05, 0.1) is 12.2 Å². The summed E-state index contributed by atoms with van der Waals surface area (Å²) >= 11 is 0. The molecule has 2 amide bonds. The number of likely N-dealkylation sites (N-methyl/N-ethyl adjacent to an activating group) is 1. The van der Waals surface area contributed by atoms with Gasteiger partial charge in [-0.05, 0) is 35.9 Å². The quantitative estimate of drug-likeness (QED) is 0.501. The molecule has 0 unspecified atom stereocenters. The highest BCUT2D eigenvalue weighted by molar-refractivity contribution is 5.97. The molecule has 0 aliphatic rings. The molecule has 0 aliphatic heterocycles. The maximum Gasteiger partial charge on any atom is 0.246 e. The van der Waals surface area contributed by atoms with Gasteiger partial charge in [0, 0.05) is 13.1 Å². The second-order valence-electron chi connectivity index (χ2n) is 5.35. The van der Waals surface area contributed by atoms with Crippen molar-refractivity contribution in [2.45, 2.75) is 0 Å². The van der Waals surface area contributed by atoms with Gasteiger partial charge in [-0.25, -0.2) is 17.6 Å². The Hall–Kier alpha value is -3.16. The molecule has 8 heteroatoms. The molecule has 136 valence electrons. The van der Waals surface area contributed by atoms with Gasteiger partial charge in [-0.3, -0.25) is 9.59 Å². The van der Waals surface area contributed by atoms with Crippen LogP contribution in [0.5, 0.6) is 0 Å². The molecule has 0 bridgehead atoms. The zero-order valence-corrected chi connectivity index (χ0v) is 13.6. The first-order chi connectivity index (χ1) is 12.3. The molecule has 0 spiro atoms. The molecule has 2 aromatic carbocycles. The predicted octanol–water partition coefficient (Wildman–Crippen LogP) is 3.35. The zero-order valence-electron chi connectivity index (χ0n) is 13.6. The molecule has 0 saturated heterocycles. The minimum atomic E-state index is -1.70. The maximum atomic E-state index is 13.5. The predicted molar refractivity (Wildman–Crippen MR) is 88.0 cm³/mol. The van der Waals surface area contributed by atoms with Crippen molar-refractivity contribution in [2.24, 2.45) is 0 Å². The summed E-state index contributed by atoms with van der Waals surface area (Å²) in [5, 5.41) is 2.06. The number of nitrogens with zero attached hydrogens (tertiary/aromatic N) is 1. The number of amides is 2. The monoisotopic (exact) mass is 366 g/mol. The Morgan fingerprint density at radius 3 is 2.50 bits per heavy atom. The minimum absolute atomic E-state index is 0.454. The second kappa shape index (κ2) is 8.28. The lowest BCUT2D eigenvalue weighted by Gasteiger charge is -2.15. The third-order valence-electron chi connectivity index (χ3n) is 3.33. The van der Waals surface area contributed by atoms with Crippen molar-refractivity contribution < 1.29 is 27.2 Å². The molecule has 0 saturated carbocycles. The van der Waals surface area contributed by atoms with E-state index in [1.54, 1.807) is 6.07 Å². The zero-order chi connectivity index (χ0) is 19.3. The van der Waals surface area contributed by atoms with E-state index < -0.39 is 47.3 Å². The number of rotatable bonds is 5. The molecular weight excluding hydrogens is 352 g/mol. The van der Waals surface area contributed by atoms with Crippen LogP contribution in [-0.2, 0) is 9.59 Å². The Labute approximate surface area is 146 Å². The van der Waals surface area contributed by atoms with Gasteiger partial charge in [0.15, 0.2) is 17.5 Å². The van der Waals surface area contributed by atoms with Crippen LogP contribution in [0, 0.1) is 23.3 Å². The highest BCUT2D eigenvalue weighted by Crippen LogP contribution is 2.19. The van der Waals surface area contributed by atoms with E-state index in [1.165, 1.54) is 31.3 Å². The van der Waals surface area contributed by atoms with Crippen LogP contribution in [-0.4, -0.2) is 30.3 Å². The second-order valence-corrected chi connectivity index (χ2v) is 5.35. The summed E-state index contributed by atoms with van der Waals surface area (Å²) in [5.74, 6) is -6.43. The van der Waals surface area contributed by atoms with Gasteiger partial charge in [0.2, 0.25) is 11.8 Å². The molecule has 2 rings (SSSR count). The summed E-state index contributed by atoms with van der Waals surface area (Å²) in [5.41, 5.74) is -0.0786. The van der Waals surface area contributed by atoms with Crippen LogP contribution in [0.4, 0.5) is 23.2 Å². The van der Waals surface area contributed by atoms with Crippen LogP contribution in [0.25, 0.3) is 6.08 Å². The fraction of sp³-hybridized carbons (Fsp3) is 0.111. The van der Waals surface area contributed by atoms with E-state index in [4.69, 9.17) is 0 Å². The Morgan fingerprint density at radius 1 is 1.08 bits per heavy atom. The van der Waals surface area contributed by atoms with Crippen LogP contribution in [0.1, 0.15) is 5.56 Å². The smallest absolute Gasteiger partial charge is 0.246 e. The molecule has 1 N–H and O–H groups in total. The van der Waals surface area contributed by atoms with E-state index in [-0.39, 0.29) is 0 Å². The van der Waals surface area contributed by atoms with Crippen molar-refractivity contribution in [3.05, 3.63) is 71.3 Å². The highest BCUT2D eigenvalue weighted by atomic mass is 19.2. The lowest BCUT2D eigenvalue weighted by atomic mass is 10.2. The lowest BCUT2D eigenvalue weighted by Crippen LogP contribution is -2.34. The van der Waals surface area contributed by atoms with Crippen LogP contribution in [0.15, 0.2) is 42.5 Å². The summed E-state index contributed by atoms with van der Waals surface area (Å²) < 4.78 is 52.5. The third-order valence-corrected chi connectivity index (χ3v) is 3.33. The number of nitrogens with one attached hydrogen (secondary N) is 1. The van der Waals surface area contributed by atoms with E-state index in [0.29, 0.717) is 11.6 Å². The number of carbonyl (C=O) groups is 2. The number of carbonyl (C=O) groups excluding carboxylic acids is 2. The average Bonchev–Trinajstić information content (AvgIpc) is 2.60. The maximum absolute atomic E-state index is 13.5. The van der Waals surface area contributed by atoms with Gasteiger partial charge in [0.25, 0.3) is 0 Å². The Kier molecular flexibility index (Phi) is 6.11. The first-order valence-corrected chi connectivity index (χ1v) is 7.40. The van der Waals surface area contributed by atoms with E-state index >= 15 is 0 Å². The van der Waals surface area contributed by atoms with Crippen molar-refractivity contribution in [2.75, 3.05) is 18.9 Å².